The van der Waals surface area contributed by atoms with E-state index >= 15 is 0 Å². The second-order valence-corrected chi connectivity index (χ2v) is 9.57. The van der Waals surface area contributed by atoms with Gasteiger partial charge >= 0.3 is 0 Å². The molecule has 0 radical (unpaired) electrons. The smallest absolute Gasteiger partial charge is 0.214 e. The molecule has 1 saturated heterocycles. The Balaban J connectivity index is 2.18. The van der Waals surface area contributed by atoms with Gasteiger partial charge in [0.05, 0.1) is 11.9 Å². The van der Waals surface area contributed by atoms with E-state index in [2.05, 4.69) is 0 Å². The lowest BCUT2D eigenvalue weighted by Gasteiger charge is -2.40. The molecule has 1 aliphatic carbocycles. The molecule has 1 heterocycles. The number of hydrogen-bond donors (Lipinski definition) is 1. The van der Waals surface area contributed by atoms with Crippen molar-refractivity contribution in [2.45, 2.75) is 71.4 Å². The minimum absolute atomic E-state index is 0.0219. The van der Waals surface area contributed by atoms with Crippen LogP contribution in [0, 0.1) is 11.3 Å². The Morgan fingerprint density at radius 2 is 1.80 bits per heavy atom. The first-order chi connectivity index (χ1) is 9.21. The highest BCUT2D eigenvalue weighted by Gasteiger charge is 2.42. The monoisotopic (exact) mass is 303 g/mol. The maximum atomic E-state index is 12.7. The molecule has 2 aliphatic rings. The van der Waals surface area contributed by atoms with E-state index in [1.807, 2.05) is 20.8 Å². The molecule has 3 unspecified atom stereocenters. The van der Waals surface area contributed by atoms with Crippen molar-refractivity contribution in [2.75, 3.05) is 12.3 Å². The molecule has 1 N–H and O–H groups in total. The topological polar surface area (TPSA) is 57.6 Å². The molecular formula is C15H29NO3S. The molecule has 118 valence electrons. The molecule has 2 fully saturated rings. The van der Waals surface area contributed by atoms with E-state index < -0.39 is 10.0 Å². The summed E-state index contributed by atoms with van der Waals surface area (Å²) in [6, 6.07) is 0.0219. The fraction of sp³-hybridized carbons (Fsp3) is 1.00. The average molecular weight is 303 g/mol. The van der Waals surface area contributed by atoms with Crippen LogP contribution in [0.25, 0.3) is 0 Å². The van der Waals surface area contributed by atoms with E-state index in [9.17, 15) is 13.5 Å². The third-order valence-electron chi connectivity index (χ3n) is 4.50. The quantitative estimate of drug-likeness (QED) is 0.871. The Kier molecular flexibility index (Phi) is 4.82. The summed E-state index contributed by atoms with van der Waals surface area (Å²) in [6.07, 6.45) is 5.44. The Hall–Kier alpha value is -0.130. The number of hydrogen-bond acceptors (Lipinski definition) is 3. The predicted molar refractivity (Wildman–Crippen MR) is 80.9 cm³/mol. The van der Waals surface area contributed by atoms with Crippen LogP contribution in [0.4, 0.5) is 0 Å². The Labute approximate surface area is 123 Å². The molecule has 0 spiro atoms. The summed E-state index contributed by atoms with van der Waals surface area (Å²) in [5.74, 6) is 0.337. The van der Waals surface area contributed by atoms with Crippen LogP contribution in [0.1, 0.15) is 59.3 Å². The molecule has 1 aliphatic heterocycles. The summed E-state index contributed by atoms with van der Waals surface area (Å²) in [5.41, 5.74) is -0.227. The van der Waals surface area contributed by atoms with Crippen LogP contribution in [-0.4, -0.2) is 42.3 Å². The number of aliphatic hydroxyl groups is 1. The van der Waals surface area contributed by atoms with Gasteiger partial charge in [-0.15, -0.1) is 0 Å². The molecule has 0 amide bonds. The summed E-state index contributed by atoms with van der Waals surface area (Å²) >= 11 is 0. The Morgan fingerprint density at radius 3 is 2.35 bits per heavy atom. The van der Waals surface area contributed by atoms with Gasteiger partial charge in [0.15, 0.2) is 0 Å². The number of nitrogens with zero attached hydrogens (tertiary/aromatic N) is 1. The van der Waals surface area contributed by atoms with Gasteiger partial charge in [-0.1, -0.05) is 33.6 Å². The molecule has 3 atom stereocenters. The van der Waals surface area contributed by atoms with Crippen molar-refractivity contribution in [3.05, 3.63) is 0 Å². The number of piperidine rings is 1. The zero-order valence-corrected chi connectivity index (χ0v) is 13.8. The lowest BCUT2D eigenvalue weighted by molar-refractivity contribution is 0.0720. The Bertz CT molecular complexity index is 427. The lowest BCUT2D eigenvalue weighted by Crippen LogP contribution is -2.51. The summed E-state index contributed by atoms with van der Waals surface area (Å²) < 4.78 is 27.2. The number of aliphatic hydroxyl groups excluding tert-OH is 1. The van der Waals surface area contributed by atoms with Crippen LogP contribution < -0.4 is 0 Å². The molecule has 4 nitrogen and oxygen atoms in total. The van der Waals surface area contributed by atoms with Crippen molar-refractivity contribution in [2.24, 2.45) is 11.3 Å². The minimum atomic E-state index is -3.23. The molecular weight excluding hydrogens is 274 g/mol. The zero-order valence-electron chi connectivity index (χ0n) is 13.0. The third kappa shape index (κ3) is 3.74. The van der Waals surface area contributed by atoms with Crippen molar-refractivity contribution in [1.82, 2.24) is 4.31 Å². The molecule has 0 aromatic heterocycles. The van der Waals surface area contributed by atoms with Gasteiger partial charge in [-0.2, -0.15) is 4.31 Å². The standard InChI is InChI=1S/C15H29NO3S/c1-15(2,3)11-20(18,19)16-10-5-4-8-13(16)12-7-6-9-14(12)17/h12-14,17H,4-11H2,1-3H3. The van der Waals surface area contributed by atoms with Crippen molar-refractivity contribution in [3.8, 4) is 0 Å². The molecule has 2 rings (SSSR count). The van der Waals surface area contributed by atoms with Crippen LogP contribution in [0.2, 0.25) is 0 Å². The van der Waals surface area contributed by atoms with Gasteiger partial charge in [0.25, 0.3) is 0 Å². The van der Waals surface area contributed by atoms with Gasteiger partial charge in [0.2, 0.25) is 10.0 Å². The first-order valence-corrected chi connectivity index (χ1v) is 9.49. The largest absolute Gasteiger partial charge is 0.393 e. The van der Waals surface area contributed by atoms with Gasteiger partial charge in [0.1, 0.15) is 0 Å². The van der Waals surface area contributed by atoms with Gasteiger partial charge in [-0.3, -0.25) is 0 Å². The van der Waals surface area contributed by atoms with Gasteiger partial charge in [-0.05, 0) is 31.1 Å². The highest BCUT2D eigenvalue weighted by atomic mass is 32.2. The van der Waals surface area contributed by atoms with E-state index in [-0.39, 0.29) is 29.2 Å². The van der Waals surface area contributed by atoms with Crippen LogP contribution in [0.3, 0.4) is 0 Å². The van der Waals surface area contributed by atoms with Gasteiger partial charge < -0.3 is 5.11 Å². The highest BCUT2D eigenvalue weighted by molar-refractivity contribution is 7.89. The number of sulfonamides is 1. The van der Waals surface area contributed by atoms with Crippen LogP contribution in [0.15, 0.2) is 0 Å². The summed E-state index contributed by atoms with van der Waals surface area (Å²) in [4.78, 5) is 0. The highest BCUT2D eigenvalue weighted by Crippen LogP contribution is 2.37. The summed E-state index contributed by atoms with van der Waals surface area (Å²) in [6.45, 7) is 6.53. The third-order valence-corrected chi connectivity index (χ3v) is 6.90. The lowest BCUT2D eigenvalue weighted by atomic mass is 9.89. The zero-order chi connectivity index (χ0) is 15.0. The van der Waals surface area contributed by atoms with Crippen molar-refractivity contribution in [3.63, 3.8) is 0 Å². The molecule has 0 bridgehead atoms. The Morgan fingerprint density at radius 1 is 1.10 bits per heavy atom. The van der Waals surface area contributed by atoms with E-state index in [0.29, 0.717) is 6.54 Å². The van der Waals surface area contributed by atoms with Crippen molar-refractivity contribution in [1.29, 1.82) is 0 Å². The van der Waals surface area contributed by atoms with Gasteiger partial charge in [0, 0.05) is 18.5 Å². The summed E-state index contributed by atoms with van der Waals surface area (Å²) in [5, 5.41) is 10.1. The molecule has 0 aromatic rings. The minimum Gasteiger partial charge on any atom is -0.393 e. The molecule has 0 aromatic carbocycles. The first-order valence-electron chi connectivity index (χ1n) is 7.88. The maximum absolute atomic E-state index is 12.7. The van der Waals surface area contributed by atoms with Gasteiger partial charge in [-0.25, -0.2) is 8.42 Å². The van der Waals surface area contributed by atoms with E-state index in [1.54, 1.807) is 4.31 Å². The van der Waals surface area contributed by atoms with E-state index in [0.717, 1.165) is 38.5 Å². The molecule has 5 heteroatoms. The fourth-order valence-electron chi connectivity index (χ4n) is 3.75. The average Bonchev–Trinajstić information content (AvgIpc) is 2.72. The molecule has 1 saturated carbocycles. The van der Waals surface area contributed by atoms with Crippen LogP contribution in [-0.2, 0) is 10.0 Å². The SMILES string of the molecule is CC(C)(C)CS(=O)(=O)N1CCCCC1C1CCCC1O. The summed E-state index contributed by atoms with van der Waals surface area (Å²) in [7, 11) is -3.23. The van der Waals surface area contributed by atoms with E-state index in [4.69, 9.17) is 0 Å². The van der Waals surface area contributed by atoms with E-state index in [1.165, 1.54) is 0 Å². The van der Waals surface area contributed by atoms with Crippen LogP contribution >= 0.6 is 0 Å². The van der Waals surface area contributed by atoms with Crippen LogP contribution in [0.5, 0.6) is 0 Å². The van der Waals surface area contributed by atoms with Crippen molar-refractivity contribution >= 4 is 10.0 Å². The molecule has 20 heavy (non-hydrogen) atoms. The normalized spacial score (nSPS) is 33.5. The second kappa shape index (κ2) is 5.93. The maximum Gasteiger partial charge on any atom is 0.214 e. The fourth-order valence-corrected chi connectivity index (χ4v) is 6.09. The van der Waals surface area contributed by atoms with Crippen molar-refractivity contribution < 1.29 is 13.5 Å². The second-order valence-electron chi connectivity index (χ2n) is 7.65. The predicted octanol–water partition coefficient (Wildman–Crippen LogP) is 2.38. The number of rotatable bonds is 3. The first kappa shape index (κ1) is 16.2.